The molecule has 0 atom stereocenters. The quantitative estimate of drug-likeness (QED) is 0.162. The van der Waals surface area contributed by atoms with E-state index in [1.807, 2.05) is 60.7 Å². The number of rotatable bonds is 6. The lowest BCUT2D eigenvalue weighted by Gasteiger charge is -2.15. The number of para-hydroxylation sites is 2. The predicted octanol–water partition coefficient (Wildman–Crippen LogP) is 7.68. The Morgan fingerprint density at radius 3 is 2.21 bits per heavy atom. The van der Waals surface area contributed by atoms with Gasteiger partial charge in [0.2, 0.25) is 0 Å². The number of hydrogen-bond donors (Lipinski definition) is 0. The topological polar surface area (TPSA) is 76.0 Å². The average molecular weight is 626 g/mol. The van der Waals surface area contributed by atoms with Crippen molar-refractivity contribution in [1.82, 2.24) is 0 Å². The summed E-state index contributed by atoms with van der Waals surface area (Å²) in [5.41, 5.74) is 2.12. The maximum absolute atomic E-state index is 13.5. The molecule has 6 nitrogen and oxygen atoms in total. The van der Waals surface area contributed by atoms with E-state index in [9.17, 15) is 13.2 Å². The Hall–Kier alpha value is -3.37. The van der Waals surface area contributed by atoms with Crippen LogP contribution >= 0.6 is 39.3 Å². The van der Waals surface area contributed by atoms with Gasteiger partial charge in [-0.3, -0.25) is 9.69 Å². The Kier molecular flexibility index (Phi) is 7.71. The number of carbonyl (C=O) groups excluding carboxylic acids is 1. The number of halogens is 2. The van der Waals surface area contributed by atoms with Crippen molar-refractivity contribution in [3.63, 3.8) is 0 Å². The second-order valence-electron chi connectivity index (χ2n) is 8.00. The SMILES string of the molecule is O=C1/C(=C\c2ccc(OS(=O)(=O)c3ccc(Cl)cc3)c(Br)c2)SC(=Nc2ccccc2)N1c1ccccc1. The molecule has 1 amide bonds. The number of thioether (sulfide) groups is 1. The van der Waals surface area contributed by atoms with Crippen molar-refractivity contribution in [3.05, 3.63) is 123 Å². The van der Waals surface area contributed by atoms with Gasteiger partial charge in [-0.2, -0.15) is 8.42 Å². The van der Waals surface area contributed by atoms with E-state index >= 15 is 0 Å². The Morgan fingerprint density at radius 1 is 0.895 bits per heavy atom. The molecule has 190 valence electrons. The molecule has 0 aliphatic carbocycles. The van der Waals surface area contributed by atoms with Crippen LogP contribution in [0.4, 0.5) is 11.4 Å². The minimum absolute atomic E-state index is 0.0146. The van der Waals surface area contributed by atoms with Crippen molar-refractivity contribution in [1.29, 1.82) is 0 Å². The van der Waals surface area contributed by atoms with Gasteiger partial charge in [-0.25, -0.2) is 4.99 Å². The van der Waals surface area contributed by atoms with Crippen molar-refractivity contribution >= 4 is 77.9 Å². The predicted molar refractivity (Wildman–Crippen MR) is 156 cm³/mol. The molecule has 0 bridgehead atoms. The molecule has 0 aromatic heterocycles. The lowest BCUT2D eigenvalue weighted by molar-refractivity contribution is -0.113. The van der Waals surface area contributed by atoms with E-state index in [0.29, 0.717) is 30.8 Å². The highest BCUT2D eigenvalue weighted by Crippen LogP contribution is 2.38. The van der Waals surface area contributed by atoms with E-state index in [1.54, 1.807) is 23.1 Å². The van der Waals surface area contributed by atoms with E-state index in [-0.39, 0.29) is 16.6 Å². The van der Waals surface area contributed by atoms with Gasteiger partial charge >= 0.3 is 10.1 Å². The van der Waals surface area contributed by atoms with Crippen LogP contribution in [0.25, 0.3) is 6.08 Å². The fourth-order valence-electron chi connectivity index (χ4n) is 3.56. The van der Waals surface area contributed by atoms with Crippen LogP contribution in [0.3, 0.4) is 0 Å². The van der Waals surface area contributed by atoms with Gasteiger partial charge < -0.3 is 4.18 Å². The zero-order valence-electron chi connectivity index (χ0n) is 19.5. The summed E-state index contributed by atoms with van der Waals surface area (Å²) in [6, 6.07) is 29.3. The van der Waals surface area contributed by atoms with E-state index < -0.39 is 10.1 Å². The molecule has 0 N–H and O–H groups in total. The van der Waals surface area contributed by atoms with E-state index in [2.05, 4.69) is 15.9 Å². The molecule has 0 saturated carbocycles. The molecule has 1 fully saturated rings. The molecule has 1 aliphatic heterocycles. The van der Waals surface area contributed by atoms with E-state index in [0.717, 1.165) is 5.69 Å². The van der Waals surface area contributed by atoms with Crippen LogP contribution in [0.1, 0.15) is 5.56 Å². The lowest BCUT2D eigenvalue weighted by atomic mass is 10.2. The second-order valence-corrected chi connectivity index (χ2v) is 11.8. The molecule has 0 spiro atoms. The molecule has 0 radical (unpaired) electrons. The Bertz CT molecular complexity index is 1660. The molecule has 10 heteroatoms. The highest BCUT2D eigenvalue weighted by Gasteiger charge is 2.34. The smallest absolute Gasteiger partial charge is 0.339 e. The lowest BCUT2D eigenvalue weighted by Crippen LogP contribution is -2.28. The molecular weight excluding hydrogens is 608 g/mol. The summed E-state index contributed by atoms with van der Waals surface area (Å²) in [6.45, 7) is 0. The summed E-state index contributed by atoms with van der Waals surface area (Å²) in [5.74, 6) is -0.0950. The van der Waals surface area contributed by atoms with Crippen molar-refractivity contribution in [3.8, 4) is 5.75 Å². The van der Waals surface area contributed by atoms with Gasteiger partial charge in [-0.15, -0.1) is 0 Å². The normalized spacial score (nSPS) is 15.8. The first-order valence-electron chi connectivity index (χ1n) is 11.2. The number of benzene rings is 4. The first kappa shape index (κ1) is 26.2. The van der Waals surface area contributed by atoms with Crippen LogP contribution in [0.2, 0.25) is 5.02 Å². The first-order valence-corrected chi connectivity index (χ1v) is 14.6. The zero-order chi connectivity index (χ0) is 26.7. The number of carbonyl (C=O) groups is 1. The standard InChI is InChI=1S/C28H18BrClN2O4S2/c29-24-17-19(11-16-25(24)36-38(34,35)23-14-12-20(30)13-15-23)18-26-27(33)32(22-9-5-2-6-10-22)28(37-26)31-21-7-3-1-4-8-21/h1-18H/b26-18+,31-28?. The average Bonchev–Trinajstić information content (AvgIpc) is 3.21. The third-order valence-electron chi connectivity index (χ3n) is 5.36. The molecule has 5 rings (SSSR count). The number of hydrogen-bond acceptors (Lipinski definition) is 6. The third kappa shape index (κ3) is 5.86. The fourth-order valence-corrected chi connectivity index (χ4v) is 6.22. The minimum atomic E-state index is -4.06. The fraction of sp³-hybridized carbons (Fsp3) is 0. The van der Waals surface area contributed by atoms with Gasteiger partial charge in [0.1, 0.15) is 4.90 Å². The number of amidine groups is 1. The van der Waals surface area contributed by atoms with Gasteiger partial charge in [0.05, 0.1) is 20.8 Å². The maximum atomic E-state index is 13.5. The summed E-state index contributed by atoms with van der Waals surface area (Å²) >= 11 is 10.5. The number of aliphatic imine (C=N–C) groups is 1. The molecule has 0 unspecified atom stereocenters. The van der Waals surface area contributed by atoms with Crippen molar-refractivity contribution in [2.24, 2.45) is 4.99 Å². The molecule has 1 aliphatic rings. The van der Waals surface area contributed by atoms with Gasteiger partial charge in [0.15, 0.2) is 10.9 Å². The zero-order valence-corrected chi connectivity index (χ0v) is 23.5. The van der Waals surface area contributed by atoms with Crippen LogP contribution in [-0.2, 0) is 14.9 Å². The highest BCUT2D eigenvalue weighted by atomic mass is 79.9. The molecular formula is C28H18BrClN2O4S2. The molecule has 1 heterocycles. The summed E-state index contributed by atoms with van der Waals surface area (Å²) in [4.78, 5) is 20.2. The van der Waals surface area contributed by atoms with Gasteiger partial charge in [-0.05, 0) is 100.0 Å². The van der Waals surface area contributed by atoms with Crippen molar-refractivity contribution in [2.75, 3.05) is 4.90 Å². The number of anilines is 1. The van der Waals surface area contributed by atoms with Crippen LogP contribution in [-0.4, -0.2) is 19.5 Å². The monoisotopic (exact) mass is 624 g/mol. The van der Waals surface area contributed by atoms with Gasteiger partial charge in [0.25, 0.3) is 5.91 Å². The van der Waals surface area contributed by atoms with E-state index in [1.165, 1.54) is 42.1 Å². The maximum Gasteiger partial charge on any atom is 0.339 e. The molecule has 4 aromatic rings. The Labute approximate surface area is 237 Å². The van der Waals surface area contributed by atoms with Gasteiger partial charge in [-0.1, -0.05) is 54.1 Å². The van der Waals surface area contributed by atoms with Gasteiger partial charge in [0, 0.05) is 5.02 Å². The number of nitrogens with zero attached hydrogens (tertiary/aromatic N) is 2. The summed E-state index contributed by atoms with van der Waals surface area (Å²) < 4.78 is 31.1. The van der Waals surface area contributed by atoms with Crippen molar-refractivity contribution < 1.29 is 17.4 Å². The Morgan fingerprint density at radius 2 is 1.55 bits per heavy atom. The largest absolute Gasteiger partial charge is 0.378 e. The summed E-state index contributed by atoms with van der Waals surface area (Å²) in [5, 5.41) is 0.955. The van der Waals surface area contributed by atoms with Crippen LogP contribution in [0, 0.1) is 0 Å². The third-order valence-corrected chi connectivity index (χ3v) is 8.45. The molecule has 1 saturated heterocycles. The molecule has 38 heavy (non-hydrogen) atoms. The Balaban J connectivity index is 1.44. The second kappa shape index (κ2) is 11.2. The molecule has 4 aromatic carbocycles. The highest BCUT2D eigenvalue weighted by molar-refractivity contribution is 9.10. The summed E-state index contributed by atoms with van der Waals surface area (Å²) in [7, 11) is -4.06. The first-order chi connectivity index (χ1) is 18.3. The van der Waals surface area contributed by atoms with Crippen LogP contribution in [0.15, 0.2) is 122 Å². The minimum Gasteiger partial charge on any atom is -0.378 e. The number of amides is 1. The van der Waals surface area contributed by atoms with Crippen LogP contribution < -0.4 is 9.08 Å². The summed E-state index contributed by atoms with van der Waals surface area (Å²) in [6.07, 6.45) is 1.73. The van der Waals surface area contributed by atoms with Crippen LogP contribution in [0.5, 0.6) is 5.75 Å². The van der Waals surface area contributed by atoms with E-state index in [4.69, 9.17) is 20.8 Å². The van der Waals surface area contributed by atoms with Crippen molar-refractivity contribution in [2.45, 2.75) is 4.90 Å².